The fourth-order valence-electron chi connectivity index (χ4n) is 1.76. The molecule has 1 aromatic carbocycles. The van der Waals surface area contributed by atoms with Crippen molar-refractivity contribution in [3.8, 4) is 0 Å². The van der Waals surface area contributed by atoms with Gasteiger partial charge in [0, 0.05) is 5.69 Å². The molecular weight excluding hydrogens is 330 g/mol. The van der Waals surface area contributed by atoms with Gasteiger partial charge >= 0.3 is 11.9 Å². The number of esters is 2. The van der Waals surface area contributed by atoms with Crippen LogP contribution in [0.25, 0.3) is 0 Å². The number of nitrogens with one attached hydrogen (secondary N) is 1. The number of carbonyl (C=O) groups excluding carboxylic acids is 3. The summed E-state index contributed by atoms with van der Waals surface area (Å²) in [5, 5.41) is 4.34. The van der Waals surface area contributed by atoms with Gasteiger partial charge in [-0.1, -0.05) is 13.0 Å². The van der Waals surface area contributed by atoms with Gasteiger partial charge in [-0.05, 0) is 42.1 Å². The fourth-order valence-corrected chi connectivity index (χ4v) is 2.38. The Kier molecular flexibility index (Phi) is 6.51. The smallest absolute Gasteiger partial charge is 0.348 e. The van der Waals surface area contributed by atoms with Crippen molar-refractivity contribution in [2.45, 2.75) is 13.3 Å². The number of anilines is 1. The average molecular weight is 347 g/mol. The van der Waals surface area contributed by atoms with E-state index in [9.17, 15) is 14.4 Å². The highest BCUT2D eigenvalue weighted by atomic mass is 32.1. The molecular formula is C17H17NO5S. The summed E-state index contributed by atoms with van der Waals surface area (Å²) in [4.78, 5) is 35.5. The molecule has 2 rings (SSSR count). The molecule has 6 nitrogen and oxygen atoms in total. The zero-order valence-corrected chi connectivity index (χ0v) is 13.9. The largest absolute Gasteiger partial charge is 0.462 e. The monoisotopic (exact) mass is 347 g/mol. The van der Waals surface area contributed by atoms with Crippen LogP contribution in [0.4, 0.5) is 5.69 Å². The summed E-state index contributed by atoms with van der Waals surface area (Å²) < 4.78 is 9.93. The SMILES string of the molecule is CCCOC(=O)c1ccc(NC(=O)COC(=O)c2cccs2)cc1. The van der Waals surface area contributed by atoms with Crippen molar-refractivity contribution in [1.82, 2.24) is 0 Å². The van der Waals surface area contributed by atoms with Crippen molar-refractivity contribution in [3.63, 3.8) is 0 Å². The van der Waals surface area contributed by atoms with Gasteiger partial charge in [0.1, 0.15) is 4.88 Å². The van der Waals surface area contributed by atoms with Crippen molar-refractivity contribution >= 4 is 34.9 Å². The summed E-state index contributed by atoms with van der Waals surface area (Å²) in [7, 11) is 0. The first-order chi connectivity index (χ1) is 11.6. The molecule has 0 aliphatic carbocycles. The molecule has 0 bridgehead atoms. The molecule has 0 radical (unpaired) electrons. The van der Waals surface area contributed by atoms with Crippen LogP contribution in [-0.4, -0.2) is 31.1 Å². The van der Waals surface area contributed by atoms with Gasteiger partial charge in [0.15, 0.2) is 6.61 Å². The Labute approximate surface area is 143 Å². The molecule has 7 heteroatoms. The standard InChI is InChI=1S/C17H17NO5S/c1-2-9-22-16(20)12-5-7-13(8-6-12)18-15(19)11-23-17(21)14-4-3-10-24-14/h3-8,10H,2,9,11H2,1H3,(H,18,19). The van der Waals surface area contributed by atoms with E-state index in [2.05, 4.69) is 5.32 Å². The third kappa shape index (κ3) is 5.20. The summed E-state index contributed by atoms with van der Waals surface area (Å²) in [5.41, 5.74) is 0.907. The predicted octanol–water partition coefficient (Wildman–Crippen LogP) is 3.11. The fraction of sp³-hybridized carbons (Fsp3) is 0.235. The number of hydrogen-bond acceptors (Lipinski definition) is 6. The first kappa shape index (κ1) is 17.7. The van der Waals surface area contributed by atoms with E-state index >= 15 is 0 Å². The average Bonchev–Trinajstić information content (AvgIpc) is 3.13. The first-order valence-electron chi connectivity index (χ1n) is 7.38. The van der Waals surface area contributed by atoms with Gasteiger partial charge in [-0.2, -0.15) is 0 Å². The maximum absolute atomic E-state index is 11.8. The van der Waals surface area contributed by atoms with Crippen molar-refractivity contribution in [2.24, 2.45) is 0 Å². The molecule has 1 heterocycles. The Hall–Kier alpha value is -2.67. The summed E-state index contributed by atoms with van der Waals surface area (Å²) >= 11 is 1.25. The zero-order chi connectivity index (χ0) is 17.4. The Morgan fingerprint density at radius 3 is 2.42 bits per heavy atom. The molecule has 126 valence electrons. The van der Waals surface area contributed by atoms with Crippen LogP contribution >= 0.6 is 11.3 Å². The molecule has 1 aromatic heterocycles. The number of ether oxygens (including phenoxy) is 2. The van der Waals surface area contributed by atoms with Gasteiger partial charge in [-0.15, -0.1) is 11.3 Å². The van der Waals surface area contributed by atoms with Gasteiger partial charge in [0.2, 0.25) is 0 Å². The van der Waals surface area contributed by atoms with E-state index in [1.165, 1.54) is 11.3 Å². The van der Waals surface area contributed by atoms with Crippen LogP contribution in [0.5, 0.6) is 0 Å². The van der Waals surface area contributed by atoms with E-state index < -0.39 is 17.8 Å². The molecule has 1 N–H and O–H groups in total. The van der Waals surface area contributed by atoms with Crippen LogP contribution in [0.1, 0.15) is 33.4 Å². The third-order valence-electron chi connectivity index (χ3n) is 2.90. The van der Waals surface area contributed by atoms with E-state index in [4.69, 9.17) is 9.47 Å². The topological polar surface area (TPSA) is 81.7 Å². The lowest BCUT2D eigenvalue weighted by Gasteiger charge is -2.07. The molecule has 0 atom stereocenters. The maximum atomic E-state index is 11.8. The number of benzene rings is 1. The van der Waals surface area contributed by atoms with E-state index in [1.54, 1.807) is 41.8 Å². The lowest BCUT2D eigenvalue weighted by molar-refractivity contribution is -0.119. The highest BCUT2D eigenvalue weighted by molar-refractivity contribution is 7.11. The van der Waals surface area contributed by atoms with Crippen LogP contribution in [0.2, 0.25) is 0 Å². The van der Waals surface area contributed by atoms with Crippen molar-refractivity contribution in [3.05, 3.63) is 52.2 Å². The Morgan fingerprint density at radius 1 is 1.04 bits per heavy atom. The molecule has 0 aliphatic heterocycles. The molecule has 0 saturated heterocycles. The Bertz CT molecular complexity index is 694. The second kappa shape index (κ2) is 8.83. The first-order valence-corrected chi connectivity index (χ1v) is 8.25. The minimum Gasteiger partial charge on any atom is -0.462 e. The molecule has 0 fully saturated rings. The van der Waals surface area contributed by atoms with E-state index in [0.717, 1.165) is 6.42 Å². The van der Waals surface area contributed by atoms with Crippen molar-refractivity contribution < 1.29 is 23.9 Å². The van der Waals surface area contributed by atoms with Gasteiger partial charge < -0.3 is 14.8 Å². The molecule has 0 aliphatic rings. The van der Waals surface area contributed by atoms with Crippen LogP contribution in [0, 0.1) is 0 Å². The van der Waals surface area contributed by atoms with E-state index in [-0.39, 0.29) is 6.61 Å². The van der Waals surface area contributed by atoms with Gasteiger partial charge in [0.05, 0.1) is 12.2 Å². The maximum Gasteiger partial charge on any atom is 0.348 e. The van der Waals surface area contributed by atoms with Crippen LogP contribution < -0.4 is 5.32 Å². The zero-order valence-electron chi connectivity index (χ0n) is 13.1. The van der Waals surface area contributed by atoms with Gasteiger partial charge in [-0.25, -0.2) is 9.59 Å². The summed E-state index contributed by atoms with van der Waals surface area (Å²) in [6, 6.07) is 9.65. The predicted molar refractivity (Wildman–Crippen MR) is 90.2 cm³/mol. The third-order valence-corrected chi connectivity index (χ3v) is 3.75. The van der Waals surface area contributed by atoms with Crippen LogP contribution in [-0.2, 0) is 14.3 Å². The lowest BCUT2D eigenvalue weighted by Crippen LogP contribution is -2.20. The Morgan fingerprint density at radius 2 is 1.79 bits per heavy atom. The minimum atomic E-state index is -0.533. The number of thiophene rings is 1. The normalized spacial score (nSPS) is 10.0. The highest BCUT2D eigenvalue weighted by Crippen LogP contribution is 2.12. The Balaban J connectivity index is 1.81. The quantitative estimate of drug-likeness (QED) is 0.778. The highest BCUT2D eigenvalue weighted by Gasteiger charge is 2.11. The van der Waals surface area contributed by atoms with Crippen LogP contribution in [0.15, 0.2) is 41.8 Å². The van der Waals surface area contributed by atoms with Crippen molar-refractivity contribution in [1.29, 1.82) is 0 Å². The second-order valence-corrected chi connectivity index (χ2v) is 5.76. The molecule has 2 aromatic rings. The van der Waals surface area contributed by atoms with Crippen LogP contribution in [0.3, 0.4) is 0 Å². The summed E-state index contributed by atoms with van der Waals surface area (Å²) in [6.45, 7) is 1.90. The molecule has 0 spiro atoms. The number of hydrogen-bond donors (Lipinski definition) is 1. The van der Waals surface area contributed by atoms with Gasteiger partial charge in [0.25, 0.3) is 5.91 Å². The molecule has 24 heavy (non-hydrogen) atoms. The summed E-state index contributed by atoms with van der Waals surface area (Å²) in [5.74, 6) is -1.39. The molecule has 0 saturated carbocycles. The minimum absolute atomic E-state index is 0.368. The number of amides is 1. The summed E-state index contributed by atoms with van der Waals surface area (Å²) in [6.07, 6.45) is 0.754. The molecule has 1 amide bonds. The molecule has 0 unspecified atom stereocenters. The lowest BCUT2D eigenvalue weighted by atomic mass is 10.2. The van der Waals surface area contributed by atoms with Crippen molar-refractivity contribution in [2.75, 3.05) is 18.5 Å². The number of carbonyl (C=O) groups is 3. The number of rotatable bonds is 7. The van der Waals surface area contributed by atoms with Gasteiger partial charge in [-0.3, -0.25) is 4.79 Å². The van der Waals surface area contributed by atoms with E-state index in [1.807, 2.05) is 6.92 Å². The van der Waals surface area contributed by atoms with E-state index in [0.29, 0.717) is 22.7 Å². The second-order valence-electron chi connectivity index (χ2n) is 4.81.